The molecule has 0 fully saturated rings. The van der Waals surface area contributed by atoms with Crippen LogP contribution in [-0.2, 0) is 0 Å². The Morgan fingerprint density at radius 1 is 1.18 bits per heavy atom. The number of aryl methyl sites for hydroxylation is 1. The van der Waals surface area contributed by atoms with Crippen LogP contribution in [0.15, 0.2) is 51.7 Å². The fraction of sp³-hybridized carbons (Fsp3) is 0.0588. The van der Waals surface area contributed by atoms with E-state index in [2.05, 4.69) is 20.9 Å². The van der Waals surface area contributed by atoms with E-state index < -0.39 is 0 Å². The maximum atomic E-state index is 12.7. The fourth-order valence-corrected chi connectivity index (χ4v) is 3.74. The van der Waals surface area contributed by atoms with Gasteiger partial charge in [0.1, 0.15) is 0 Å². The molecule has 0 saturated heterocycles. The second kappa shape index (κ2) is 5.04. The first-order chi connectivity index (χ1) is 10.6. The van der Waals surface area contributed by atoms with Crippen LogP contribution in [0.25, 0.3) is 22.1 Å². The van der Waals surface area contributed by atoms with Gasteiger partial charge in [-0.2, -0.15) is 0 Å². The molecule has 108 valence electrons. The summed E-state index contributed by atoms with van der Waals surface area (Å²) < 4.78 is 3.42. The summed E-state index contributed by atoms with van der Waals surface area (Å²) in [5, 5.41) is 0. The van der Waals surface area contributed by atoms with E-state index in [1.54, 1.807) is 4.40 Å². The van der Waals surface area contributed by atoms with Gasteiger partial charge in [0.2, 0.25) is 0 Å². The van der Waals surface area contributed by atoms with Crippen molar-refractivity contribution in [1.82, 2.24) is 9.38 Å². The van der Waals surface area contributed by atoms with Gasteiger partial charge in [0.25, 0.3) is 5.56 Å². The second-order valence-corrected chi connectivity index (χ2v) is 7.11. The van der Waals surface area contributed by atoms with E-state index in [1.165, 1.54) is 11.3 Å². The van der Waals surface area contributed by atoms with Crippen molar-refractivity contribution < 1.29 is 0 Å². The number of nitrogens with zero attached hydrogens (tertiary/aromatic N) is 2. The Balaban J connectivity index is 1.98. The van der Waals surface area contributed by atoms with Crippen LogP contribution in [0.3, 0.4) is 0 Å². The minimum absolute atomic E-state index is 0.00530. The molecule has 0 aliphatic carbocycles. The van der Waals surface area contributed by atoms with E-state index in [9.17, 15) is 4.79 Å². The zero-order valence-electron chi connectivity index (χ0n) is 11.7. The van der Waals surface area contributed by atoms with Gasteiger partial charge in [0.15, 0.2) is 4.96 Å². The molecule has 2 heterocycles. The van der Waals surface area contributed by atoms with Gasteiger partial charge in [-0.1, -0.05) is 45.5 Å². The van der Waals surface area contributed by atoms with Gasteiger partial charge in [-0.25, -0.2) is 9.38 Å². The topological polar surface area (TPSA) is 34.4 Å². The van der Waals surface area contributed by atoms with Crippen molar-refractivity contribution in [3.8, 4) is 0 Å². The van der Waals surface area contributed by atoms with E-state index in [-0.39, 0.29) is 5.56 Å². The Morgan fingerprint density at radius 3 is 2.73 bits per heavy atom. The van der Waals surface area contributed by atoms with Crippen LogP contribution < -0.4 is 10.1 Å². The van der Waals surface area contributed by atoms with Gasteiger partial charge in [-0.3, -0.25) is 4.79 Å². The van der Waals surface area contributed by atoms with Gasteiger partial charge in [0, 0.05) is 4.47 Å². The standard InChI is InChI=1S/C17H11BrN2OS/c1-10-2-7-14-13(8-10)19-17-20(14)16(21)15(22-17)9-11-3-5-12(18)6-4-11/h2-9H,1H3/b15-9-. The average Bonchev–Trinajstić information content (AvgIpc) is 2.98. The molecule has 0 spiro atoms. The van der Waals surface area contributed by atoms with Crippen LogP contribution in [0.2, 0.25) is 0 Å². The number of aromatic nitrogens is 2. The molecule has 0 bridgehead atoms. The van der Waals surface area contributed by atoms with Crippen molar-refractivity contribution in [1.29, 1.82) is 0 Å². The van der Waals surface area contributed by atoms with Crippen LogP contribution >= 0.6 is 27.3 Å². The smallest absolute Gasteiger partial charge is 0.267 e. The predicted molar refractivity (Wildman–Crippen MR) is 94.5 cm³/mol. The third-order valence-corrected chi connectivity index (χ3v) is 5.06. The second-order valence-electron chi connectivity index (χ2n) is 5.19. The first-order valence-corrected chi connectivity index (χ1v) is 8.42. The zero-order valence-corrected chi connectivity index (χ0v) is 14.1. The summed E-state index contributed by atoms with van der Waals surface area (Å²) in [4.78, 5) is 18.0. The van der Waals surface area contributed by atoms with Gasteiger partial charge < -0.3 is 0 Å². The maximum absolute atomic E-state index is 12.7. The van der Waals surface area contributed by atoms with Gasteiger partial charge in [-0.15, -0.1) is 0 Å². The number of hydrogen-bond donors (Lipinski definition) is 0. The quantitative estimate of drug-likeness (QED) is 0.513. The Kier molecular flexibility index (Phi) is 3.13. The van der Waals surface area contributed by atoms with Crippen molar-refractivity contribution >= 4 is 49.3 Å². The maximum Gasteiger partial charge on any atom is 0.274 e. The predicted octanol–water partition coefficient (Wildman–Crippen LogP) is 3.53. The van der Waals surface area contributed by atoms with Crippen molar-refractivity contribution in [2.75, 3.05) is 0 Å². The fourth-order valence-electron chi connectivity index (χ4n) is 2.49. The molecule has 0 aliphatic rings. The number of halogens is 1. The largest absolute Gasteiger partial charge is 0.274 e. The monoisotopic (exact) mass is 370 g/mol. The summed E-state index contributed by atoms with van der Waals surface area (Å²) in [7, 11) is 0. The molecular formula is C17H11BrN2OS. The lowest BCUT2D eigenvalue weighted by Gasteiger charge is -1.92. The van der Waals surface area contributed by atoms with Crippen LogP contribution in [0.4, 0.5) is 0 Å². The van der Waals surface area contributed by atoms with E-state index in [1.807, 2.05) is 55.5 Å². The number of imidazole rings is 1. The third-order valence-electron chi connectivity index (χ3n) is 3.56. The number of rotatable bonds is 1. The van der Waals surface area contributed by atoms with Crippen molar-refractivity contribution in [3.63, 3.8) is 0 Å². The van der Waals surface area contributed by atoms with E-state index in [4.69, 9.17) is 0 Å². The van der Waals surface area contributed by atoms with Crippen LogP contribution in [0.1, 0.15) is 11.1 Å². The van der Waals surface area contributed by atoms with Crippen LogP contribution in [-0.4, -0.2) is 9.38 Å². The Bertz CT molecular complexity index is 1110. The highest BCUT2D eigenvalue weighted by Gasteiger charge is 2.10. The van der Waals surface area contributed by atoms with E-state index >= 15 is 0 Å². The Hall–Kier alpha value is -1.98. The molecule has 0 unspecified atom stereocenters. The number of hydrogen-bond acceptors (Lipinski definition) is 3. The van der Waals surface area contributed by atoms with Crippen LogP contribution in [0, 0.1) is 6.92 Å². The first kappa shape index (κ1) is 13.7. The molecule has 4 rings (SSSR count). The van der Waals surface area contributed by atoms with Gasteiger partial charge in [0.05, 0.1) is 15.6 Å². The summed E-state index contributed by atoms with van der Waals surface area (Å²) in [5.74, 6) is 0. The molecule has 0 atom stereocenters. The van der Waals surface area contributed by atoms with Crippen LogP contribution in [0.5, 0.6) is 0 Å². The third kappa shape index (κ3) is 2.17. The minimum atomic E-state index is -0.00530. The highest BCUT2D eigenvalue weighted by atomic mass is 79.9. The summed E-state index contributed by atoms with van der Waals surface area (Å²) in [5.41, 5.74) is 3.89. The Labute approximate surface area is 138 Å². The lowest BCUT2D eigenvalue weighted by atomic mass is 10.2. The minimum Gasteiger partial charge on any atom is -0.267 e. The lowest BCUT2D eigenvalue weighted by molar-refractivity contribution is 1.19. The molecule has 5 heteroatoms. The van der Waals surface area contributed by atoms with E-state index in [0.29, 0.717) is 4.53 Å². The van der Waals surface area contributed by atoms with Crippen molar-refractivity contribution in [2.45, 2.75) is 6.92 Å². The molecule has 2 aromatic heterocycles. The summed E-state index contributed by atoms with van der Waals surface area (Å²) >= 11 is 4.84. The molecule has 0 radical (unpaired) electrons. The van der Waals surface area contributed by atoms with Crippen molar-refractivity contribution in [3.05, 3.63) is 73.0 Å². The summed E-state index contributed by atoms with van der Waals surface area (Å²) in [6.07, 6.45) is 1.91. The van der Waals surface area contributed by atoms with Gasteiger partial charge >= 0.3 is 0 Å². The number of fused-ring (bicyclic) bond motifs is 3. The molecule has 22 heavy (non-hydrogen) atoms. The molecule has 3 nitrogen and oxygen atoms in total. The molecule has 0 aliphatic heterocycles. The summed E-state index contributed by atoms with van der Waals surface area (Å²) in [6, 6.07) is 13.9. The average molecular weight is 371 g/mol. The number of thiazole rings is 1. The zero-order chi connectivity index (χ0) is 15.3. The van der Waals surface area contributed by atoms with Crippen molar-refractivity contribution in [2.24, 2.45) is 0 Å². The molecule has 0 N–H and O–H groups in total. The molecule has 2 aromatic carbocycles. The lowest BCUT2D eigenvalue weighted by Crippen LogP contribution is -2.22. The molecule has 0 amide bonds. The van der Waals surface area contributed by atoms with Gasteiger partial charge in [-0.05, 0) is 48.4 Å². The molecular weight excluding hydrogens is 360 g/mol. The molecule has 4 aromatic rings. The number of benzene rings is 2. The normalized spacial score (nSPS) is 12.5. The highest BCUT2D eigenvalue weighted by molar-refractivity contribution is 9.10. The van der Waals surface area contributed by atoms with E-state index in [0.717, 1.165) is 31.6 Å². The first-order valence-electron chi connectivity index (χ1n) is 6.81. The highest BCUT2D eigenvalue weighted by Crippen LogP contribution is 2.18. The SMILES string of the molecule is Cc1ccc2c(c1)nc1s/c(=C\c3ccc(Br)cc3)c(=O)n12. The summed E-state index contributed by atoms with van der Waals surface area (Å²) in [6.45, 7) is 2.03. The Morgan fingerprint density at radius 2 is 1.95 bits per heavy atom. The molecule has 0 saturated carbocycles.